The van der Waals surface area contributed by atoms with E-state index in [0.29, 0.717) is 23.4 Å². The Morgan fingerprint density at radius 1 is 1.35 bits per heavy atom. The van der Waals surface area contributed by atoms with Crippen LogP contribution in [-0.2, 0) is 5.75 Å². The first kappa shape index (κ1) is 15.0. The van der Waals surface area contributed by atoms with Crippen LogP contribution in [0.1, 0.15) is 38.0 Å². The van der Waals surface area contributed by atoms with Crippen molar-refractivity contribution in [3.05, 3.63) is 41.8 Å². The molecule has 0 aliphatic rings. The Bertz CT molecular complexity index is 544. The smallest absolute Gasteiger partial charge is 0.243 e. The van der Waals surface area contributed by atoms with Crippen molar-refractivity contribution in [3.63, 3.8) is 0 Å². The van der Waals surface area contributed by atoms with Crippen LogP contribution in [0.25, 0.3) is 0 Å². The Morgan fingerprint density at radius 3 is 2.70 bits per heavy atom. The molecule has 1 aromatic heterocycles. The molecule has 0 saturated heterocycles. The van der Waals surface area contributed by atoms with Gasteiger partial charge in [0.25, 0.3) is 0 Å². The minimum atomic E-state index is -0.240. The maximum Gasteiger partial charge on any atom is 0.243 e. The van der Waals surface area contributed by atoms with Crippen LogP contribution < -0.4 is 5.73 Å². The summed E-state index contributed by atoms with van der Waals surface area (Å²) in [5.74, 6) is 1.72. The summed E-state index contributed by atoms with van der Waals surface area (Å²) < 4.78 is 18.0. The second kappa shape index (κ2) is 6.85. The van der Waals surface area contributed by atoms with Crippen molar-refractivity contribution in [3.8, 4) is 0 Å². The van der Waals surface area contributed by atoms with Gasteiger partial charge in [-0.2, -0.15) is 4.98 Å². The summed E-state index contributed by atoms with van der Waals surface area (Å²) in [6, 6.07) is 6.10. The van der Waals surface area contributed by atoms with Crippen LogP contribution in [0, 0.1) is 11.7 Å². The molecular formula is C14H18FN3OS. The van der Waals surface area contributed by atoms with Crippen molar-refractivity contribution in [2.24, 2.45) is 11.7 Å². The molecule has 1 heterocycles. The Morgan fingerprint density at radius 2 is 2.05 bits per heavy atom. The highest BCUT2D eigenvalue weighted by Gasteiger charge is 2.19. The van der Waals surface area contributed by atoms with Gasteiger partial charge in [0.2, 0.25) is 5.89 Å². The molecule has 1 aromatic carbocycles. The fourth-order valence-electron chi connectivity index (χ4n) is 1.64. The van der Waals surface area contributed by atoms with E-state index in [0.717, 1.165) is 11.3 Å². The number of halogens is 1. The maximum atomic E-state index is 12.8. The number of nitrogens with two attached hydrogens (primary N) is 1. The van der Waals surface area contributed by atoms with E-state index in [1.807, 2.05) is 0 Å². The highest BCUT2D eigenvalue weighted by molar-refractivity contribution is 7.98. The molecule has 0 spiro atoms. The largest absolute Gasteiger partial charge is 0.338 e. The molecule has 0 fully saturated rings. The van der Waals surface area contributed by atoms with Crippen molar-refractivity contribution in [1.82, 2.24) is 10.1 Å². The van der Waals surface area contributed by atoms with Crippen LogP contribution >= 0.6 is 11.8 Å². The molecule has 2 aromatic rings. The maximum absolute atomic E-state index is 12.8. The van der Waals surface area contributed by atoms with E-state index >= 15 is 0 Å². The standard InChI is InChI=1S/C14H18FN3OS/c1-3-9(2)13(16)14-17-12(18-19-14)8-20-11-6-4-10(15)5-7-11/h4-7,9,13H,3,8,16H2,1-2H3. The predicted molar refractivity (Wildman–Crippen MR) is 76.6 cm³/mol. The van der Waals surface area contributed by atoms with Crippen LogP contribution in [0.3, 0.4) is 0 Å². The van der Waals surface area contributed by atoms with E-state index in [1.54, 1.807) is 12.1 Å². The second-order valence-corrected chi connectivity index (χ2v) is 5.75. The fourth-order valence-corrected chi connectivity index (χ4v) is 2.38. The van der Waals surface area contributed by atoms with Crippen molar-refractivity contribution in [2.75, 3.05) is 0 Å². The van der Waals surface area contributed by atoms with Gasteiger partial charge in [-0.15, -0.1) is 11.8 Å². The summed E-state index contributed by atoms with van der Waals surface area (Å²) in [4.78, 5) is 5.28. The third-order valence-corrected chi connectivity index (χ3v) is 4.22. The van der Waals surface area contributed by atoms with E-state index in [2.05, 4.69) is 24.0 Å². The van der Waals surface area contributed by atoms with Gasteiger partial charge in [0.05, 0.1) is 11.8 Å². The third-order valence-electron chi connectivity index (χ3n) is 3.21. The minimum Gasteiger partial charge on any atom is -0.338 e. The predicted octanol–water partition coefficient (Wildman–Crippen LogP) is 3.55. The molecule has 0 aliphatic heterocycles. The van der Waals surface area contributed by atoms with Crippen LogP contribution in [0.15, 0.2) is 33.7 Å². The lowest BCUT2D eigenvalue weighted by molar-refractivity contribution is 0.311. The van der Waals surface area contributed by atoms with Gasteiger partial charge >= 0.3 is 0 Å². The van der Waals surface area contributed by atoms with Crippen LogP contribution in [0.5, 0.6) is 0 Å². The van der Waals surface area contributed by atoms with E-state index in [1.165, 1.54) is 23.9 Å². The topological polar surface area (TPSA) is 64.9 Å². The Hall–Kier alpha value is -1.40. The Kier molecular flexibility index (Phi) is 5.14. The van der Waals surface area contributed by atoms with E-state index in [-0.39, 0.29) is 11.9 Å². The quantitative estimate of drug-likeness (QED) is 0.826. The van der Waals surface area contributed by atoms with Crippen molar-refractivity contribution in [2.45, 2.75) is 37.0 Å². The number of aromatic nitrogens is 2. The number of nitrogens with zero attached hydrogens (tertiary/aromatic N) is 2. The number of hydrogen-bond donors (Lipinski definition) is 1. The number of benzene rings is 1. The van der Waals surface area contributed by atoms with Crippen molar-refractivity contribution >= 4 is 11.8 Å². The normalized spacial score (nSPS) is 14.2. The Balaban J connectivity index is 1.94. The zero-order valence-electron chi connectivity index (χ0n) is 11.5. The first-order chi connectivity index (χ1) is 9.60. The monoisotopic (exact) mass is 295 g/mol. The van der Waals surface area contributed by atoms with Crippen LogP contribution in [0.4, 0.5) is 4.39 Å². The summed E-state index contributed by atoms with van der Waals surface area (Å²) in [7, 11) is 0. The molecule has 2 unspecified atom stereocenters. The van der Waals surface area contributed by atoms with Gasteiger partial charge in [0.15, 0.2) is 5.82 Å². The first-order valence-corrected chi connectivity index (χ1v) is 7.55. The molecule has 2 rings (SSSR count). The molecule has 4 nitrogen and oxygen atoms in total. The summed E-state index contributed by atoms with van der Waals surface area (Å²) in [6.07, 6.45) is 0.962. The number of thioether (sulfide) groups is 1. The van der Waals surface area contributed by atoms with Gasteiger partial charge in [-0.3, -0.25) is 0 Å². The van der Waals surface area contributed by atoms with Crippen LogP contribution in [0.2, 0.25) is 0 Å². The van der Waals surface area contributed by atoms with Gasteiger partial charge in [-0.05, 0) is 30.2 Å². The molecule has 0 aliphatic carbocycles. The molecule has 6 heteroatoms. The summed E-state index contributed by atoms with van der Waals surface area (Å²) >= 11 is 1.53. The van der Waals surface area contributed by atoms with Gasteiger partial charge in [-0.1, -0.05) is 25.4 Å². The lowest BCUT2D eigenvalue weighted by Crippen LogP contribution is -2.18. The zero-order valence-corrected chi connectivity index (χ0v) is 12.4. The molecular weight excluding hydrogens is 277 g/mol. The second-order valence-electron chi connectivity index (χ2n) is 4.70. The summed E-state index contributed by atoms with van der Waals surface area (Å²) in [5.41, 5.74) is 6.04. The third kappa shape index (κ3) is 3.80. The first-order valence-electron chi connectivity index (χ1n) is 6.56. The molecule has 0 saturated carbocycles. The van der Waals surface area contributed by atoms with E-state index in [9.17, 15) is 4.39 Å². The fraction of sp³-hybridized carbons (Fsp3) is 0.429. The van der Waals surface area contributed by atoms with Gasteiger partial charge in [0.1, 0.15) is 5.82 Å². The highest BCUT2D eigenvalue weighted by Crippen LogP contribution is 2.24. The molecule has 2 N–H and O–H groups in total. The van der Waals surface area contributed by atoms with Gasteiger partial charge in [-0.25, -0.2) is 4.39 Å². The summed E-state index contributed by atoms with van der Waals surface area (Å²) in [5, 5.41) is 3.93. The lowest BCUT2D eigenvalue weighted by atomic mass is 10.0. The number of hydrogen-bond acceptors (Lipinski definition) is 5. The van der Waals surface area contributed by atoms with Crippen LogP contribution in [-0.4, -0.2) is 10.1 Å². The number of rotatable bonds is 6. The van der Waals surface area contributed by atoms with Crippen molar-refractivity contribution in [1.29, 1.82) is 0 Å². The lowest BCUT2D eigenvalue weighted by Gasteiger charge is -2.12. The molecule has 0 bridgehead atoms. The molecule has 20 heavy (non-hydrogen) atoms. The molecule has 108 valence electrons. The van der Waals surface area contributed by atoms with Crippen molar-refractivity contribution < 1.29 is 8.91 Å². The Labute approximate surface area is 121 Å². The summed E-state index contributed by atoms with van der Waals surface area (Å²) in [6.45, 7) is 4.13. The molecule has 0 amide bonds. The van der Waals surface area contributed by atoms with Gasteiger partial charge in [0, 0.05) is 4.90 Å². The zero-order chi connectivity index (χ0) is 14.5. The highest BCUT2D eigenvalue weighted by atomic mass is 32.2. The minimum absolute atomic E-state index is 0.225. The SMILES string of the molecule is CCC(C)C(N)c1nc(CSc2ccc(F)cc2)no1. The average molecular weight is 295 g/mol. The van der Waals surface area contributed by atoms with Gasteiger partial charge < -0.3 is 10.3 Å². The molecule has 2 atom stereocenters. The van der Waals surface area contributed by atoms with E-state index < -0.39 is 0 Å². The average Bonchev–Trinajstić information content (AvgIpc) is 2.94. The molecule has 0 radical (unpaired) electrons. The van der Waals surface area contributed by atoms with E-state index in [4.69, 9.17) is 10.3 Å².